The molecule has 1 amide bonds. The van der Waals surface area contributed by atoms with Crippen LogP contribution in [0.3, 0.4) is 0 Å². The lowest BCUT2D eigenvalue weighted by Crippen LogP contribution is -2.68. The Bertz CT molecular complexity index is 916. The van der Waals surface area contributed by atoms with Crippen molar-refractivity contribution in [2.24, 2.45) is 0 Å². The van der Waals surface area contributed by atoms with E-state index in [0.717, 1.165) is 12.1 Å². The van der Waals surface area contributed by atoms with Crippen LogP contribution in [0.5, 0.6) is 0 Å². The Morgan fingerprint density at radius 3 is 2.59 bits per heavy atom. The molecule has 1 N–H and O–H groups in total. The average Bonchev–Trinajstić information content (AvgIpc) is 2.84. The molecule has 1 saturated heterocycles. The van der Waals surface area contributed by atoms with Gasteiger partial charge in [-0.2, -0.15) is 0 Å². The summed E-state index contributed by atoms with van der Waals surface area (Å²) >= 11 is 1.74. The minimum absolute atomic E-state index is 0.117. The molecule has 4 heteroatoms. The van der Waals surface area contributed by atoms with Gasteiger partial charge in [0.1, 0.15) is 5.66 Å². The molecule has 3 nitrogen and oxygen atoms in total. The minimum atomic E-state index is -0.545. The van der Waals surface area contributed by atoms with Gasteiger partial charge in [0.2, 0.25) is 5.91 Å². The van der Waals surface area contributed by atoms with Crippen LogP contribution < -0.4 is 10.2 Å². The van der Waals surface area contributed by atoms with E-state index in [1.54, 1.807) is 11.8 Å². The molecule has 2 aliphatic rings. The number of nitrogens with zero attached hydrogens (tertiary/aromatic N) is 1. The van der Waals surface area contributed by atoms with Gasteiger partial charge in [-0.1, -0.05) is 49.8 Å². The van der Waals surface area contributed by atoms with E-state index in [1.807, 2.05) is 0 Å². The lowest BCUT2D eigenvalue weighted by molar-refractivity contribution is -0.124. The summed E-state index contributed by atoms with van der Waals surface area (Å²) in [6, 6.07) is 15.2. The van der Waals surface area contributed by atoms with Crippen molar-refractivity contribution < 1.29 is 4.79 Å². The molecule has 0 aromatic heterocycles. The van der Waals surface area contributed by atoms with Gasteiger partial charge in [-0.25, -0.2) is 0 Å². The Morgan fingerprint density at radius 1 is 1.15 bits per heavy atom. The highest BCUT2D eigenvalue weighted by Gasteiger charge is 2.57. The lowest BCUT2D eigenvalue weighted by atomic mass is 9.74. The van der Waals surface area contributed by atoms with Gasteiger partial charge in [0.25, 0.3) is 0 Å². The van der Waals surface area contributed by atoms with Gasteiger partial charge in [-0.05, 0) is 48.6 Å². The second kappa shape index (κ2) is 6.45. The normalized spacial score (nSPS) is 23.3. The molecule has 1 atom stereocenters. The van der Waals surface area contributed by atoms with Gasteiger partial charge in [-0.3, -0.25) is 4.79 Å². The monoisotopic (exact) mass is 378 g/mol. The first-order chi connectivity index (χ1) is 12.9. The Labute approximate surface area is 165 Å². The summed E-state index contributed by atoms with van der Waals surface area (Å²) in [6.07, 6.45) is 6.94. The van der Waals surface area contributed by atoms with Crippen molar-refractivity contribution in [3.63, 3.8) is 0 Å². The van der Waals surface area contributed by atoms with Gasteiger partial charge in [0.15, 0.2) is 0 Å². The van der Waals surface area contributed by atoms with E-state index in [4.69, 9.17) is 0 Å². The second-order valence-corrected chi connectivity index (χ2v) is 8.85. The predicted octanol–water partition coefficient (Wildman–Crippen LogP) is 4.74. The SMILES string of the molecule is CSc1ccc(/C=C/C23NC(=O)CCN2c2ccc(C)cc2C3(C)C)cc1. The fourth-order valence-electron chi connectivity index (χ4n) is 4.40. The average molecular weight is 379 g/mol. The highest BCUT2D eigenvalue weighted by atomic mass is 32.2. The summed E-state index contributed by atoms with van der Waals surface area (Å²) in [5.74, 6) is 0.117. The Kier molecular flexibility index (Phi) is 4.34. The van der Waals surface area contributed by atoms with Crippen LogP contribution in [0.4, 0.5) is 5.69 Å². The zero-order valence-corrected chi connectivity index (χ0v) is 17.2. The summed E-state index contributed by atoms with van der Waals surface area (Å²) in [7, 11) is 0. The van der Waals surface area contributed by atoms with E-state index >= 15 is 0 Å². The number of fused-ring (bicyclic) bond motifs is 3. The topological polar surface area (TPSA) is 32.3 Å². The summed E-state index contributed by atoms with van der Waals surface area (Å²) in [4.78, 5) is 16.1. The standard InChI is InChI=1S/C23H26N2OS/c1-16-5-10-20-19(15-16)22(2,3)23(24-21(26)12-14-25(20)23)13-11-17-6-8-18(27-4)9-7-17/h5-11,13,15H,12,14H2,1-4H3,(H,24,26)/b13-11+. The lowest BCUT2D eigenvalue weighted by Gasteiger charge is -2.49. The molecule has 27 heavy (non-hydrogen) atoms. The summed E-state index contributed by atoms with van der Waals surface area (Å²) in [5, 5.41) is 3.34. The van der Waals surface area contributed by atoms with Crippen LogP contribution in [0.15, 0.2) is 53.4 Å². The van der Waals surface area contributed by atoms with E-state index < -0.39 is 5.66 Å². The maximum absolute atomic E-state index is 12.4. The van der Waals surface area contributed by atoms with Crippen LogP contribution in [0.1, 0.15) is 37.0 Å². The largest absolute Gasteiger partial charge is 0.344 e. The third-order valence-electron chi connectivity index (χ3n) is 6.02. The zero-order valence-electron chi connectivity index (χ0n) is 16.4. The number of thioether (sulfide) groups is 1. The highest BCUT2D eigenvalue weighted by Crippen LogP contribution is 2.52. The van der Waals surface area contributed by atoms with E-state index in [2.05, 4.69) is 91.9 Å². The maximum Gasteiger partial charge on any atom is 0.223 e. The molecule has 0 spiro atoms. The quantitative estimate of drug-likeness (QED) is 0.783. The number of amides is 1. The zero-order chi connectivity index (χ0) is 19.2. The molecular weight excluding hydrogens is 352 g/mol. The number of hydrogen-bond donors (Lipinski definition) is 1. The molecule has 0 bridgehead atoms. The van der Waals surface area contributed by atoms with Crippen molar-refractivity contribution in [3.05, 3.63) is 65.2 Å². The fourth-order valence-corrected chi connectivity index (χ4v) is 4.81. The molecule has 0 aliphatic carbocycles. The van der Waals surface area contributed by atoms with Crippen molar-refractivity contribution in [1.29, 1.82) is 0 Å². The molecular formula is C23H26N2OS. The smallest absolute Gasteiger partial charge is 0.223 e. The number of hydrogen-bond acceptors (Lipinski definition) is 3. The molecule has 2 aromatic rings. The third-order valence-corrected chi connectivity index (χ3v) is 6.76. The first-order valence-corrected chi connectivity index (χ1v) is 10.6. The fraction of sp³-hybridized carbons (Fsp3) is 0.348. The van der Waals surface area contributed by atoms with Gasteiger partial charge >= 0.3 is 0 Å². The van der Waals surface area contributed by atoms with E-state index in [9.17, 15) is 4.79 Å². The second-order valence-electron chi connectivity index (χ2n) is 7.97. The van der Waals surface area contributed by atoms with Gasteiger partial charge < -0.3 is 10.2 Å². The van der Waals surface area contributed by atoms with Gasteiger partial charge in [0.05, 0.1) is 0 Å². The van der Waals surface area contributed by atoms with Crippen molar-refractivity contribution in [2.45, 2.75) is 43.2 Å². The van der Waals surface area contributed by atoms with Crippen LogP contribution in [0, 0.1) is 6.92 Å². The third kappa shape index (κ3) is 2.78. The molecule has 2 aliphatic heterocycles. The van der Waals surface area contributed by atoms with E-state index in [1.165, 1.54) is 21.7 Å². The van der Waals surface area contributed by atoms with Gasteiger partial charge in [-0.15, -0.1) is 11.8 Å². The summed E-state index contributed by atoms with van der Waals surface area (Å²) in [5.41, 5.74) is 4.14. The van der Waals surface area contributed by atoms with E-state index in [0.29, 0.717) is 6.42 Å². The molecule has 2 heterocycles. The number of aryl methyl sites for hydroxylation is 1. The summed E-state index contributed by atoms with van der Waals surface area (Å²) in [6.45, 7) is 7.33. The number of carbonyl (C=O) groups excluding carboxylic acids is 1. The molecule has 140 valence electrons. The van der Waals surface area contributed by atoms with Crippen molar-refractivity contribution in [1.82, 2.24) is 5.32 Å². The number of rotatable bonds is 3. The maximum atomic E-state index is 12.4. The molecule has 2 aromatic carbocycles. The molecule has 0 saturated carbocycles. The van der Waals surface area contributed by atoms with Crippen molar-refractivity contribution in [3.8, 4) is 0 Å². The highest BCUT2D eigenvalue weighted by molar-refractivity contribution is 7.98. The van der Waals surface area contributed by atoms with Crippen LogP contribution in [-0.2, 0) is 10.2 Å². The Morgan fingerprint density at radius 2 is 1.89 bits per heavy atom. The van der Waals surface area contributed by atoms with Crippen LogP contribution in [-0.4, -0.2) is 24.4 Å². The van der Waals surface area contributed by atoms with Crippen LogP contribution in [0.2, 0.25) is 0 Å². The molecule has 0 radical (unpaired) electrons. The van der Waals surface area contributed by atoms with Crippen molar-refractivity contribution >= 4 is 29.4 Å². The summed E-state index contributed by atoms with van der Waals surface area (Å²) < 4.78 is 0. The molecule has 1 fully saturated rings. The number of benzene rings is 2. The van der Waals surface area contributed by atoms with Crippen LogP contribution in [0.25, 0.3) is 6.08 Å². The first-order valence-electron chi connectivity index (χ1n) is 9.40. The Hall–Kier alpha value is -2.20. The molecule has 4 rings (SSSR count). The van der Waals surface area contributed by atoms with Crippen LogP contribution >= 0.6 is 11.8 Å². The first kappa shape index (κ1) is 18.2. The number of carbonyl (C=O) groups is 1. The van der Waals surface area contributed by atoms with E-state index in [-0.39, 0.29) is 11.3 Å². The number of anilines is 1. The predicted molar refractivity (Wildman–Crippen MR) is 114 cm³/mol. The van der Waals surface area contributed by atoms with Gasteiger partial charge in [0, 0.05) is 29.0 Å². The minimum Gasteiger partial charge on any atom is -0.344 e. The van der Waals surface area contributed by atoms with Crippen molar-refractivity contribution in [2.75, 3.05) is 17.7 Å². The Balaban J connectivity index is 1.81. The number of nitrogens with one attached hydrogen (secondary N) is 1. The molecule has 1 unspecified atom stereocenters.